The Labute approximate surface area is 99.4 Å². The van der Waals surface area contributed by atoms with Crippen molar-refractivity contribution in [1.29, 1.82) is 0 Å². The molecule has 1 aromatic carbocycles. The zero-order valence-electron chi connectivity index (χ0n) is 10.3. The van der Waals surface area contributed by atoms with Crippen LogP contribution in [0, 0.1) is 5.41 Å². The predicted octanol–water partition coefficient (Wildman–Crippen LogP) is 4.84. The van der Waals surface area contributed by atoms with E-state index in [1.165, 1.54) is 49.7 Å². The molecule has 0 atom stereocenters. The Kier molecular flexibility index (Phi) is 3.48. The van der Waals surface area contributed by atoms with E-state index in [1.54, 1.807) is 0 Å². The highest BCUT2D eigenvalue weighted by Gasteiger charge is 2.26. The number of hydrogen-bond donors (Lipinski definition) is 0. The minimum Gasteiger partial charge on any atom is -0.0985 e. The van der Waals surface area contributed by atoms with Gasteiger partial charge in [0.15, 0.2) is 0 Å². The molecular weight excluding hydrogens is 192 g/mol. The Morgan fingerprint density at radius 1 is 1.12 bits per heavy atom. The first-order chi connectivity index (χ1) is 7.72. The highest BCUT2D eigenvalue weighted by molar-refractivity contribution is 5.47. The Bertz CT molecular complexity index is 339. The molecule has 0 heterocycles. The molecule has 0 aliphatic heterocycles. The van der Waals surface area contributed by atoms with Crippen LogP contribution in [0.2, 0.25) is 0 Å². The van der Waals surface area contributed by atoms with Crippen molar-refractivity contribution in [1.82, 2.24) is 0 Å². The van der Waals surface area contributed by atoms with Crippen molar-refractivity contribution in [2.75, 3.05) is 0 Å². The summed E-state index contributed by atoms with van der Waals surface area (Å²) in [7, 11) is 0. The average molecular weight is 214 g/mol. The maximum absolute atomic E-state index is 3.79. The van der Waals surface area contributed by atoms with Gasteiger partial charge in [-0.15, -0.1) is 0 Å². The fraction of sp³-hybridized carbons (Fsp3) is 0.500. The number of hydrogen-bond acceptors (Lipinski definition) is 0. The van der Waals surface area contributed by atoms with Gasteiger partial charge >= 0.3 is 0 Å². The van der Waals surface area contributed by atoms with Crippen LogP contribution in [0.3, 0.4) is 0 Å². The van der Waals surface area contributed by atoms with E-state index in [2.05, 4.69) is 37.8 Å². The monoisotopic (exact) mass is 214 g/mol. The van der Waals surface area contributed by atoms with E-state index in [-0.39, 0.29) is 0 Å². The quantitative estimate of drug-likeness (QED) is 0.675. The minimum absolute atomic E-state index is 0.550. The van der Waals surface area contributed by atoms with E-state index >= 15 is 0 Å². The van der Waals surface area contributed by atoms with Gasteiger partial charge in [-0.1, -0.05) is 63.1 Å². The molecule has 0 aromatic heterocycles. The van der Waals surface area contributed by atoms with Gasteiger partial charge in [0.2, 0.25) is 0 Å². The van der Waals surface area contributed by atoms with Crippen LogP contribution >= 0.6 is 0 Å². The average Bonchev–Trinajstić information content (AvgIpc) is 2.30. The molecule has 0 nitrogen and oxygen atoms in total. The summed E-state index contributed by atoms with van der Waals surface area (Å²) in [4.78, 5) is 0. The van der Waals surface area contributed by atoms with Gasteiger partial charge in [-0.05, 0) is 35.8 Å². The highest BCUT2D eigenvalue weighted by atomic mass is 14.3. The summed E-state index contributed by atoms with van der Waals surface area (Å²) in [6, 6.07) is 8.87. The first-order valence-corrected chi connectivity index (χ1v) is 6.43. The summed E-state index contributed by atoms with van der Waals surface area (Å²) < 4.78 is 0. The summed E-state index contributed by atoms with van der Waals surface area (Å²) in [6.45, 7) is 6.24. The molecule has 86 valence electrons. The SMILES string of the molecule is C=Cc1ccc(CC2(C)CCCCC2)cc1. The van der Waals surface area contributed by atoms with Crippen molar-refractivity contribution >= 4 is 6.08 Å². The second kappa shape index (κ2) is 4.86. The minimum atomic E-state index is 0.550. The van der Waals surface area contributed by atoms with E-state index < -0.39 is 0 Å². The van der Waals surface area contributed by atoms with E-state index in [1.807, 2.05) is 6.08 Å². The lowest BCUT2D eigenvalue weighted by molar-refractivity contribution is 0.215. The Morgan fingerprint density at radius 3 is 2.31 bits per heavy atom. The molecule has 1 aliphatic carbocycles. The van der Waals surface area contributed by atoms with E-state index in [0.29, 0.717) is 5.41 Å². The smallest absolute Gasteiger partial charge is 0.0225 e. The molecular formula is C16H22. The van der Waals surface area contributed by atoms with E-state index in [0.717, 1.165) is 0 Å². The van der Waals surface area contributed by atoms with Crippen LogP contribution in [0.1, 0.15) is 50.2 Å². The molecule has 0 bridgehead atoms. The molecule has 0 radical (unpaired) electrons. The van der Waals surface area contributed by atoms with Crippen molar-refractivity contribution in [2.45, 2.75) is 45.4 Å². The second-order valence-corrected chi connectivity index (χ2v) is 5.49. The lowest BCUT2D eigenvalue weighted by Crippen LogP contribution is -2.22. The molecule has 0 unspecified atom stereocenters. The maximum atomic E-state index is 3.79. The van der Waals surface area contributed by atoms with Crippen LogP contribution < -0.4 is 0 Å². The third-order valence-corrected chi connectivity index (χ3v) is 3.91. The molecule has 1 fully saturated rings. The van der Waals surface area contributed by atoms with E-state index in [9.17, 15) is 0 Å². The van der Waals surface area contributed by atoms with Gasteiger partial charge in [-0.2, -0.15) is 0 Å². The lowest BCUT2D eigenvalue weighted by Gasteiger charge is -2.33. The fourth-order valence-electron chi connectivity index (χ4n) is 2.85. The molecule has 16 heavy (non-hydrogen) atoms. The zero-order valence-corrected chi connectivity index (χ0v) is 10.3. The van der Waals surface area contributed by atoms with Gasteiger partial charge in [0.1, 0.15) is 0 Å². The van der Waals surface area contributed by atoms with Gasteiger partial charge in [-0.3, -0.25) is 0 Å². The normalized spacial score (nSPS) is 19.3. The molecule has 0 amide bonds. The van der Waals surface area contributed by atoms with Gasteiger partial charge in [0, 0.05) is 0 Å². The topological polar surface area (TPSA) is 0 Å². The predicted molar refractivity (Wildman–Crippen MR) is 71.4 cm³/mol. The number of rotatable bonds is 3. The van der Waals surface area contributed by atoms with Crippen molar-refractivity contribution in [2.24, 2.45) is 5.41 Å². The molecule has 1 saturated carbocycles. The third-order valence-electron chi connectivity index (χ3n) is 3.91. The lowest BCUT2D eigenvalue weighted by atomic mass is 9.72. The first kappa shape index (κ1) is 11.4. The van der Waals surface area contributed by atoms with E-state index in [4.69, 9.17) is 0 Å². The third kappa shape index (κ3) is 2.75. The Balaban J connectivity index is 2.04. The van der Waals surface area contributed by atoms with Gasteiger partial charge < -0.3 is 0 Å². The largest absolute Gasteiger partial charge is 0.0985 e. The molecule has 0 spiro atoms. The van der Waals surface area contributed by atoms with Crippen LogP contribution in [-0.2, 0) is 6.42 Å². The van der Waals surface area contributed by atoms with Crippen molar-refractivity contribution in [3.8, 4) is 0 Å². The molecule has 1 aromatic rings. The van der Waals surface area contributed by atoms with Crippen molar-refractivity contribution in [3.63, 3.8) is 0 Å². The standard InChI is InChI=1S/C16H22/c1-3-14-7-9-15(10-8-14)13-16(2)11-5-4-6-12-16/h3,7-10H,1,4-6,11-13H2,2H3. The van der Waals surface area contributed by atoms with Crippen molar-refractivity contribution in [3.05, 3.63) is 42.0 Å². The second-order valence-electron chi connectivity index (χ2n) is 5.49. The molecule has 2 rings (SSSR count). The van der Waals surface area contributed by atoms with Crippen molar-refractivity contribution < 1.29 is 0 Å². The molecule has 0 N–H and O–H groups in total. The summed E-state index contributed by atoms with van der Waals surface area (Å²) in [5, 5.41) is 0. The molecule has 0 heteroatoms. The van der Waals surface area contributed by atoms with Crippen LogP contribution in [0.4, 0.5) is 0 Å². The molecule has 0 saturated heterocycles. The van der Waals surface area contributed by atoms with Crippen LogP contribution in [0.15, 0.2) is 30.8 Å². The highest BCUT2D eigenvalue weighted by Crippen LogP contribution is 2.38. The summed E-state index contributed by atoms with van der Waals surface area (Å²) >= 11 is 0. The maximum Gasteiger partial charge on any atom is -0.0225 e. The number of benzene rings is 1. The Morgan fingerprint density at radius 2 is 1.75 bits per heavy atom. The first-order valence-electron chi connectivity index (χ1n) is 6.43. The Hall–Kier alpha value is -1.04. The molecule has 1 aliphatic rings. The van der Waals surface area contributed by atoms with Crippen LogP contribution in [0.25, 0.3) is 6.08 Å². The summed E-state index contributed by atoms with van der Waals surface area (Å²) in [5.74, 6) is 0. The summed E-state index contributed by atoms with van der Waals surface area (Å²) in [5.41, 5.74) is 3.25. The van der Waals surface area contributed by atoms with Crippen LogP contribution in [-0.4, -0.2) is 0 Å². The van der Waals surface area contributed by atoms with Gasteiger partial charge in [0.05, 0.1) is 0 Å². The zero-order chi connectivity index (χ0) is 11.4. The van der Waals surface area contributed by atoms with Gasteiger partial charge in [-0.25, -0.2) is 0 Å². The fourth-order valence-corrected chi connectivity index (χ4v) is 2.85. The summed E-state index contributed by atoms with van der Waals surface area (Å²) in [6.07, 6.45) is 10.2. The van der Waals surface area contributed by atoms with Gasteiger partial charge in [0.25, 0.3) is 0 Å². The van der Waals surface area contributed by atoms with Crippen LogP contribution in [0.5, 0.6) is 0 Å².